The summed E-state index contributed by atoms with van der Waals surface area (Å²) in [5, 5.41) is 0. The molecule has 24 heavy (non-hydrogen) atoms. The van der Waals surface area contributed by atoms with E-state index in [0.717, 1.165) is 39.1 Å². The third-order valence-corrected chi connectivity index (χ3v) is 5.02. The van der Waals surface area contributed by atoms with E-state index in [-0.39, 0.29) is 18.1 Å². The molecular formula is C19H28N2O3. The lowest BCUT2D eigenvalue weighted by molar-refractivity contribution is -0.141. The van der Waals surface area contributed by atoms with Gasteiger partial charge in [-0.15, -0.1) is 0 Å². The molecule has 2 aliphatic heterocycles. The molecule has 5 heteroatoms. The summed E-state index contributed by atoms with van der Waals surface area (Å²) in [4.78, 5) is 16.1. The van der Waals surface area contributed by atoms with Crippen molar-refractivity contribution in [3.05, 3.63) is 35.9 Å². The number of likely N-dealkylation sites (tertiary alicyclic amines) is 1. The molecule has 0 N–H and O–H groups in total. The van der Waals surface area contributed by atoms with E-state index >= 15 is 0 Å². The fraction of sp³-hybridized carbons (Fsp3) is 0.632. The summed E-state index contributed by atoms with van der Waals surface area (Å²) >= 11 is 0. The van der Waals surface area contributed by atoms with Crippen molar-refractivity contribution in [2.24, 2.45) is 5.92 Å². The molecule has 0 radical (unpaired) electrons. The summed E-state index contributed by atoms with van der Waals surface area (Å²) in [6.07, 6.45) is 1.94. The predicted molar refractivity (Wildman–Crippen MR) is 92.6 cm³/mol. The first-order valence-electron chi connectivity index (χ1n) is 8.84. The smallest absolute Gasteiger partial charge is 0.251 e. The topological polar surface area (TPSA) is 42.0 Å². The first kappa shape index (κ1) is 17.4. The Morgan fingerprint density at radius 1 is 1.33 bits per heavy atom. The molecule has 0 bridgehead atoms. The number of ether oxygens (including phenoxy) is 2. The zero-order valence-corrected chi connectivity index (χ0v) is 14.7. The zero-order chi connectivity index (χ0) is 16.9. The Labute approximate surface area is 144 Å². The number of rotatable bonds is 6. The number of fused-ring (bicyclic) bond motifs is 1. The molecule has 3 rings (SSSR count). The number of benzene rings is 1. The first-order valence-corrected chi connectivity index (χ1v) is 8.84. The van der Waals surface area contributed by atoms with Gasteiger partial charge in [0.2, 0.25) is 0 Å². The van der Waals surface area contributed by atoms with Gasteiger partial charge in [-0.25, -0.2) is 0 Å². The minimum atomic E-state index is -0.246. The third kappa shape index (κ3) is 4.35. The molecule has 0 unspecified atom stereocenters. The van der Waals surface area contributed by atoms with Crippen molar-refractivity contribution in [1.82, 2.24) is 9.80 Å². The Morgan fingerprint density at radius 2 is 2.12 bits per heavy atom. The second kappa shape index (κ2) is 8.10. The van der Waals surface area contributed by atoms with E-state index in [2.05, 4.69) is 17.0 Å². The van der Waals surface area contributed by atoms with Crippen molar-refractivity contribution in [1.29, 1.82) is 0 Å². The summed E-state index contributed by atoms with van der Waals surface area (Å²) < 4.78 is 11.8. The maximum Gasteiger partial charge on any atom is 0.251 e. The Kier molecular flexibility index (Phi) is 5.87. The van der Waals surface area contributed by atoms with Gasteiger partial charge in [0.25, 0.3) is 5.91 Å². The number of amides is 1. The van der Waals surface area contributed by atoms with Gasteiger partial charge in [0.05, 0.1) is 19.3 Å². The predicted octanol–water partition coefficient (Wildman–Crippen LogP) is 1.77. The molecule has 2 fully saturated rings. The number of hydrogen-bond acceptors (Lipinski definition) is 4. The van der Waals surface area contributed by atoms with E-state index < -0.39 is 0 Å². The van der Waals surface area contributed by atoms with E-state index in [4.69, 9.17) is 9.47 Å². The highest BCUT2D eigenvalue weighted by atomic mass is 16.5. The highest BCUT2D eigenvalue weighted by Crippen LogP contribution is 2.33. The average molecular weight is 332 g/mol. The van der Waals surface area contributed by atoms with E-state index in [1.807, 2.05) is 18.2 Å². The van der Waals surface area contributed by atoms with E-state index in [1.54, 1.807) is 19.0 Å². The van der Waals surface area contributed by atoms with Crippen LogP contribution in [0.4, 0.5) is 0 Å². The van der Waals surface area contributed by atoms with Crippen LogP contribution in [0.25, 0.3) is 0 Å². The molecule has 0 aromatic heterocycles. The van der Waals surface area contributed by atoms with E-state index in [1.165, 1.54) is 5.56 Å². The van der Waals surface area contributed by atoms with E-state index in [0.29, 0.717) is 12.5 Å². The number of nitrogens with zero attached hydrogens (tertiary/aromatic N) is 2. The summed E-state index contributed by atoms with van der Waals surface area (Å²) in [6, 6.07) is 10.3. The number of hydrogen-bond donors (Lipinski definition) is 0. The molecule has 3 atom stereocenters. The lowest BCUT2D eigenvalue weighted by Crippen LogP contribution is -2.43. The lowest BCUT2D eigenvalue weighted by atomic mass is 9.91. The van der Waals surface area contributed by atoms with Crippen molar-refractivity contribution >= 4 is 5.91 Å². The van der Waals surface area contributed by atoms with Crippen LogP contribution in [0.2, 0.25) is 0 Å². The minimum absolute atomic E-state index is 0.0992. The Morgan fingerprint density at radius 3 is 2.88 bits per heavy atom. The number of piperidine rings is 1. The maximum atomic E-state index is 12.1. The first-order chi connectivity index (χ1) is 11.6. The van der Waals surface area contributed by atoms with Gasteiger partial charge < -0.3 is 14.4 Å². The molecule has 1 aromatic carbocycles. The van der Waals surface area contributed by atoms with Gasteiger partial charge in [0.1, 0.15) is 6.10 Å². The van der Waals surface area contributed by atoms with Crippen molar-refractivity contribution in [2.45, 2.75) is 31.7 Å². The van der Waals surface area contributed by atoms with Crippen LogP contribution < -0.4 is 0 Å². The molecule has 0 aliphatic carbocycles. The normalized spacial score (nSPS) is 27.0. The SMILES string of the molecule is CN(C)C(=O)[C@@H]1C[C@H]2CCN(CCOCc3ccccc3)C[C@@H]2O1. The Bertz CT molecular complexity index is 535. The van der Waals surface area contributed by atoms with Gasteiger partial charge in [-0.05, 0) is 30.9 Å². The third-order valence-electron chi connectivity index (χ3n) is 5.02. The highest BCUT2D eigenvalue weighted by Gasteiger charge is 2.42. The second-order valence-electron chi connectivity index (χ2n) is 7.02. The van der Waals surface area contributed by atoms with Crippen LogP contribution in [0, 0.1) is 5.92 Å². The summed E-state index contributed by atoms with van der Waals surface area (Å²) in [7, 11) is 3.59. The number of carbonyl (C=O) groups is 1. The van der Waals surface area contributed by atoms with Crippen molar-refractivity contribution < 1.29 is 14.3 Å². The number of carbonyl (C=O) groups excluding carboxylic acids is 1. The lowest BCUT2D eigenvalue weighted by Gasteiger charge is -2.33. The molecule has 5 nitrogen and oxygen atoms in total. The quantitative estimate of drug-likeness (QED) is 0.745. The summed E-state index contributed by atoms with van der Waals surface area (Å²) in [6.45, 7) is 4.30. The van der Waals surface area contributed by atoms with Crippen LogP contribution in [0.15, 0.2) is 30.3 Å². The largest absolute Gasteiger partial charge is 0.375 e. The van der Waals surface area contributed by atoms with Gasteiger partial charge >= 0.3 is 0 Å². The Balaban J connectivity index is 1.38. The van der Waals surface area contributed by atoms with Crippen LogP contribution in [0.5, 0.6) is 0 Å². The summed E-state index contributed by atoms with van der Waals surface area (Å²) in [5.74, 6) is 0.627. The fourth-order valence-electron chi connectivity index (χ4n) is 3.60. The second-order valence-corrected chi connectivity index (χ2v) is 7.02. The van der Waals surface area contributed by atoms with Gasteiger partial charge in [-0.3, -0.25) is 9.69 Å². The maximum absolute atomic E-state index is 12.1. The van der Waals surface area contributed by atoms with Crippen LogP contribution >= 0.6 is 0 Å². The molecule has 2 saturated heterocycles. The van der Waals surface area contributed by atoms with Gasteiger partial charge in [-0.2, -0.15) is 0 Å². The molecule has 132 valence electrons. The van der Waals surface area contributed by atoms with Crippen molar-refractivity contribution in [3.8, 4) is 0 Å². The highest BCUT2D eigenvalue weighted by molar-refractivity contribution is 5.80. The molecule has 2 aliphatic rings. The van der Waals surface area contributed by atoms with Crippen LogP contribution in [0.1, 0.15) is 18.4 Å². The van der Waals surface area contributed by atoms with Crippen LogP contribution in [-0.2, 0) is 20.9 Å². The molecule has 2 heterocycles. The van der Waals surface area contributed by atoms with Crippen molar-refractivity contribution in [3.63, 3.8) is 0 Å². The minimum Gasteiger partial charge on any atom is -0.375 e. The van der Waals surface area contributed by atoms with Crippen LogP contribution in [0.3, 0.4) is 0 Å². The van der Waals surface area contributed by atoms with Gasteiger partial charge in [-0.1, -0.05) is 30.3 Å². The standard InChI is InChI=1S/C19H28N2O3/c1-20(2)19(22)17-12-16-8-9-21(13-18(16)24-17)10-11-23-14-15-6-4-3-5-7-15/h3-7,16-18H,8-14H2,1-2H3/t16-,17+,18+/m1/s1. The van der Waals surface area contributed by atoms with Crippen molar-refractivity contribution in [2.75, 3.05) is 40.3 Å². The van der Waals surface area contributed by atoms with Crippen LogP contribution in [-0.4, -0.2) is 68.3 Å². The zero-order valence-electron chi connectivity index (χ0n) is 14.7. The molecular weight excluding hydrogens is 304 g/mol. The monoisotopic (exact) mass is 332 g/mol. The average Bonchev–Trinajstić information content (AvgIpc) is 3.02. The molecule has 0 spiro atoms. The van der Waals surface area contributed by atoms with Gasteiger partial charge in [0.15, 0.2) is 0 Å². The Hall–Kier alpha value is -1.43. The molecule has 1 amide bonds. The fourth-order valence-corrected chi connectivity index (χ4v) is 3.60. The molecule has 0 saturated carbocycles. The van der Waals surface area contributed by atoms with Gasteiger partial charge in [0, 0.05) is 27.2 Å². The molecule has 1 aromatic rings. The number of likely N-dealkylation sites (N-methyl/N-ethyl adjacent to an activating group) is 1. The van der Waals surface area contributed by atoms with E-state index in [9.17, 15) is 4.79 Å². The summed E-state index contributed by atoms with van der Waals surface area (Å²) in [5.41, 5.74) is 1.21.